The number of alkyl halides is 3. The summed E-state index contributed by atoms with van der Waals surface area (Å²) in [6, 6.07) is 4.72. The third kappa shape index (κ3) is 2.43. The van der Waals surface area contributed by atoms with E-state index < -0.39 is 17.5 Å². The molecule has 6 heteroatoms. The molecule has 0 saturated carbocycles. The first-order chi connectivity index (χ1) is 8.39. The van der Waals surface area contributed by atoms with Crippen molar-refractivity contribution in [1.82, 2.24) is 4.98 Å². The summed E-state index contributed by atoms with van der Waals surface area (Å²) in [4.78, 5) is 15.9. The van der Waals surface area contributed by atoms with E-state index in [-0.39, 0.29) is 11.3 Å². The zero-order chi connectivity index (χ0) is 13.3. The van der Waals surface area contributed by atoms with Gasteiger partial charge in [-0.05, 0) is 13.0 Å². The fourth-order valence-electron chi connectivity index (χ4n) is 1.53. The highest BCUT2D eigenvalue weighted by atomic mass is 32.1. The van der Waals surface area contributed by atoms with Crippen molar-refractivity contribution in [1.29, 1.82) is 0 Å². The molecule has 2 aromatic rings. The summed E-state index contributed by atoms with van der Waals surface area (Å²) in [5.74, 6) is -0.702. The van der Waals surface area contributed by atoms with Crippen LogP contribution in [0.1, 0.15) is 26.6 Å². The quantitative estimate of drug-likeness (QED) is 0.779. The second-order valence-corrected chi connectivity index (χ2v) is 4.69. The summed E-state index contributed by atoms with van der Waals surface area (Å²) in [6.07, 6.45) is -4.54. The van der Waals surface area contributed by atoms with Gasteiger partial charge in [0.2, 0.25) is 5.78 Å². The second kappa shape index (κ2) is 4.53. The van der Waals surface area contributed by atoms with Crippen molar-refractivity contribution in [3.8, 4) is 0 Å². The molecule has 0 fully saturated rings. The molecule has 0 aliphatic heterocycles. The summed E-state index contributed by atoms with van der Waals surface area (Å²) in [5, 5.41) is 2.10. The van der Waals surface area contributed by atoms with Crippen LogP contribution in [-0.4, -0.2) is 10.8 Å². The van der Waals surface area contributed by atoms with E-state index in [0.29, 0.717) is 5.01 Å². The van der Waals surface area contributed by atoms with E-state index in [2.05, 4.69) is 4.98 Å². The Morgan fingerprint density at radius 1 is 1.28 bits per heavy atom. The van der Waals surface area contributed by atoms with Crippen LogP contribution in [0.2, 0.25) is 0 Å². The Morgan fingerprint density at radius 2 is 1.94 bits per heavy atom. The molecule has 2 rings (SSSR count). The van der Waals surface area contributed by atoms with Crippen molar-refractivity contribution < 1.29 is 18.0 Å². The number of aryl methyl sites for hydroxylation is 1. The lowest BCUT2D eigenvalue weighted by Gasteiger charge is -2.10. The maximum absolute atomic E-state index is 12.8. The molecule has 0 atom stereocenters. The fourth-order valence-corrected chi connectivity index (χ4v) is 2.13. The van der Waals surface area contributed by atoms with Gasteiger partial charge in [-0.1, -0.05) is 18.2 Å². The van der Waals surface area contributed by atoms with Gasteiger partial charge in [0.25, 0.3) is 0 Å². The summed E-state index contributed by atoms with van der Waals surface area (Å²) in [5.41, 5.74) is -1.25. The molecular weight excluding hydrogens is 263 g/mol. The van der Waals surface area contributed by atoms with Crippen LogP contribution in [0.25, 0.3) is 0 Å². The van der Waals surface area contributed by atoms with Gasteiger partial charge in [-0.3, -0.25) is 4.79 Å². The standard InChI is InChI=1S/C12H8F3NOS/c1-7-16-10(6-18-7)11(17)8-4-2-3-5-9(8)12(13,14)15/h2-6H,1H3. The van der Waals surface area contributed by atoms with Crippen molar-refractivity contribution >= 4 is 17.1 Å². The number of rotatable bonds is 2. The monoisotopic (exact) mass is 271 g/mol. The molecule has 0 aliphatic rings. The second-order valence-electron chi connectivity index (χ2n) is 3.62. The van der Waals surface area contributed by atoms with Crippen LogP contribution in [0, 0.1) is 6.92 Å². The minimum Gasteiger partial charge on any atom is -0.287 e. The predicted octanol–water partition coefficient (Wildman–Crippen LogP) is 3.70. The summed E-state index contributed by atoms with van der Waals surface area (Å²) >= 11 is 1.23. The number of carbonyl (C=O) groups is 1. The molecule has 1 aromatic heterocycles. The van der Waals surface area contributed by atoms with E-state index in [0.717, 1.165) is 6.07 Å². The van der Waals surface area contributed by atoms with Gasteiger partial charge in [-0.25, -0.2) is 4.98 Å². The number of aromatic nitrogens is 1. The molecule has 1 heterocycles. The molecule has 0 N–H and O–H groups in total. The van der Waals surface area contributed by atoms with Crippen LogP contribution in [0.4, 0.5) is 13.2 Å². The molecule has 0 aliphatic carbocycles. The van der Waals surface area contributed by atoms with Gasteiger partial charge in [0.15, 0.2) is 0 Å². The van der Waals surface area contributed by atoms with Gasteiger partial charge >= 0.3 is 6.18 Å². The highest BCUT2D eigenvalue weighted by Crippen LogP contribution is 2.32. The molecule has 0 unspecified atom stereocenters. The van der Waals surface area contributed by atoms with Crippen LogP contribution in [0.5, 0.6) is 0 Å². The van der Waals surface area contributed by atoms with Crippen LogP contribution < -0.4 is 0 Å². The predicted molar refractivity (Wildman–Crippen MR) is 61.7 cm³/mol. The molecule has 0 bridgehead atoms. The average Bonchev–Trinajstić information content (AvgIpc) is 2.74. The normalized spacial score (nSPS) is 11.6. The number of thiazole rings is 1. The van der Waals surface area contributed by atoms with Gasteiger partial charge in [0, 0.05) is 10.9 Å². The van der Waals surface area contributed by atoms with E-state index in [1.54, 1.807) is 6.92 Å². The Kier molecular flexibility index (Phi) is 3.21. The highest BCUT2D eigenvalue weighted by molar-refractivity contribution is 7.09. The minimum atomic E-state index is -4.54. The van der Waals surface area contributed by atoms with Crippen LogP contribution >= 0.6 is 11.3 Å². The maximum atomic E-state index is 12.8. The van der Waals surface area contributed by atoms with E-state index in [1.807, 2.05) is 0 Å². The topological polar surface area (TPSA) is 30.0 Å². The van der Waals surface area contributed by atoms with Gasteiger partial charge in [-0.2, -0.15) is 13.2 Å². The number of hydrogen-bond acceptors (Lipinski definition) is 3. The first-order valence-electron chi connectivity index (χ1n) is 5.02. The molecule has 1 aromatic carbocycles. The zero-order valence-electron chi connectivity index (χ0n) is 9.28. The first-order valence-corrected chi connectivity index (χ1v) is 5.90. The molecule has 0 amide bonds. The molecule has 18 heavy (non-hydrogen) atoms. The van der Waals surface area contributed by atoms with Crippen molar-refractivity contribution in [2.45, 2.75) is 13.1 Å². The van der Waals surface area contributed by atoms with Gasteiger partial charge in [0.1, 0.15) is 5.69 Å². The number of benzene rings is 1. The van der Waals surface area contributed by atoms with Crippen molar-refractivity contribution in [3.05, 3.63) is 51.5 Å². The Balaban J connectivity index is 2.49. The Bertz CT molecular complexity index is 589. The Hall–Kier alpha value is -1.69. The maximum Gasteiger partial charge on any atom is 0.417 e. The van der Waals surface area contributed by atoms with Gasteiger partial charge in [0.05, 0.1) is 10.6 Å². The fraction of sp³-hybridized carbons (Fsp3) is 0.167. The third-order valence-corrected chi connectivity index (χ3v) is 3.10. The molecule has 94 valence electrons. The first kappa shape index (κ1) is 12.8. The van der Waals surface area contributed by atoms with E-state index >= 15 is 0 Å². The lowest BCUT2D eigenvalue weighted by molar-refractivity contribution is -0.137. The Morgan fingerprint density at radius 3 is 2.50 bits per heavy atom. The van der Waals surface area contributed by atoms with Crippen molar-refractivity contribution in [2.24, 2.45) is 0 Å². The number of carbonyl (C=O) groups excluding carboxylic acids is 1. The summed E-state index contributed by atoms with van der Waals surface area (Å²) < 4.78 is 38.3. The number of hydrogen-bond donors (Lipinski definition) is 0. The van der Waals surface area contributed by atoms with E-state index in [9.17, 15) is 18.0 Å². The zero-order valence-corrected chi connectivity index (χ0v) is 10.1. The molecule has 0 radical (unpaired) electrons. The summed E-state index contributed by atoms with van der Waals surface area (Å²) in [7, 11) is 0. The van der Waals surface area contributed by atoms with Crippen molar-refractivity contribution in [3.63, 3.8) is 0 Å². The Labute approximate surface area is 105 Å². The SMILES string of the molecule is Cc1nc(C(=O)c2ccccc2C(F)(F)F)cs1. The number of halogens is 3. The third-order valence-electron chi connectivity index (χ3n) is 2.33. The average molecular weight is 271 g/mol. The molecule has 0 saturated heterocycles. The minimum absolute atomic E-state index is 0.0502. The smallest absolute Gasteiger partial charge is 0.287 e. The van der Waals surface area contributed by atoms with Crippen LogP contribution in [0.3, 0.4) is 0 Å². The molecule has 2 nitrogen and oxygen atoms in total. The molecular formula is C12H8F3NOS. The highest BCUT2D eigenvalue weighted by Gasteiger charge is 2.35. The van der Waals surface area contributed by atoms with E-state index in [1.165, 1.54) is 34.9 Å². The number of ketones is 1. The molecule has 0 spiro atoms. The largest absolute Gasteiger partial charge is 0.417 e. The van der Waals surface area contributed by atoms with Gasteiger partial charge < -0.3 is 0 Å². The summed E-state index contributed by atoms with van der Waals surface area (Å²) in [6.45, 7) is 1.69. The van der Waals surface area contributed by atoms with Crippen molar-refractivity contribution in [2.75, 3.05) is 0 Å². The van der Waals surface area contributed by atoms with Gasteiger partial charge in [-0.15, -0.1) is 11.3 Å². The lowest BCUT2D eigenvalue weighted by Crippen LogP contribution is -2.13. The lowest BCUT2D eigenvalue weighted by atomic mass is 10.0. The van der Waals surface area contributed by atoms with Crippen LogP contribution in [0.15, 0.2) is 29.6 Å². The van der Waals surface area contributed by atoms with E-state index in [4.69, 9.17) is 0 Å². The van der Waals surface area contributed by atoms with Crippen LogP contribution in [-0.2, 0) is 6.18 Å². The number of nitrogens with zero attached hydrogens (tertiary/aromatic N) is 1.